The van der Waals surface area contributed by atoms with Crippen LogP contribution in [-0.2, 0) is 26.0 Å². The van der Waals surface area contributed by atoms with Crippen molar-refractivity contribution in [2.75, 3.05) is 13.7 Å². The quantitative estimate of drug-likeness (QED) is 0.254. The first-order valence-corrected chi connectivity index (χ1v) is 17.8. The number of rotatable bonds is 4. The molecule has 3 heterocycles. The zero-order chi connectivity index (χ0) is 41.5. The van der Waals surface area contributed by atoms with Crippen molar-refractivity contribution in [3.05, 3.63) is 93.9 Å². The molecule has 4 nitrogen and oxygen atoms in total. The number of aryl methyl sites for hydroxylation is 1. The van der Waals surface area contributed by atoms with E-state index in [1.54, 1.807) is 19.2 Å². The topological polar surface area (TPSA) is 37.5 Å². The Morgan fingerprint density at radius 1 is 0.695 bits per heavy atom. The van der Waals surface area contributed by atoms with Crippen molar-refractivity contribution in [3.63, 3.8) is 0 Å². The molecule has 274 valence electrons. The third kappa shape index (κ3) is 12.2. The second-order valence-corrected chi connectivity index (χ2v) is 12.2. The second kappa shape index (κ2) is 22.4. The Morgan fingerprint density at radius 2 is 1.24 bits per heavy atom. The molecule has 1 atom stereocenters. The standard InChI is InChI=1S/C28H27FN2O2.C26H2/c1-17-7-8-19(23(29)11-17)16-33-28-14-21-18(12-27(28)32-2)9-10-31-15-25-22(13-26(21)31)20-5-3-4-6-24(20)30-25;1-3-5-7-9-11-13-15-17-19-21-23-25-26-24-22-20-18-16-14-12-10-8-6-4-2/h3-8,11-12,14,26,30H,9-10,13,15-16H2,1-2H3;1-2H. The molecular formula is C54H29FN2O2. The van der Waals surface area contributed by atoms with Crippen LogP contribution >= 0.6 is 0 Å². The van der Waals surface area contributed by atoms with Gasteiger partial charge < -0.3 is 14.5 Å². The average Bonchev–Trinajstić information content (AvgIpc) is 3.61. The molecule has 4 aromatic rings. The lowest BCUT2D eigenvalue weighted by Gasteiger charge is -2.40. The number of para-hydroxylation sites is 1. The number of ether oxygens (including phenoxy) is 2. The average molecular weight is 757 g/mol. The van der Waals surface area contributed by atoms with E-state index >= 15 is 0 Å². The lowest BCUT2D eigenvalue weighted by molar-refractivity contribution is 0.158. The van der Waals surface area contributed by atoms with Gasteiger partial charge in [-0.15, -0.1) is 12.8 Å². The molecule has 3 aromatic carbocycles. The van der Waals surface area contributed by atoms with Gasteiger partial charge in [0.2, 0.25) is 0 Å². The van der Waals surface area contributed by atoms with Crippen molar-refractivity contribution in [2.45, 2.75) is 39.0 Å². The lowest BCUT2D eigenvalue weighted by Crippen LogP contribution is -2.39. The Labute approximate surface area is 346 Å². The van der Waals surface area contributed by atoms with Crippen LogP contribution in [-0.4, -0.2) is 23.5 Å². The highest BCUT2D eigenvalue weighted by atomic mass is 19.1. The minimum Gasteiger partial charge on any atom is -0.493 e. The molecule has 6 rings (SSSR count). The highest BCUT2D eigenvalue weighted by molar-refractivity contribution is 5.85. The summed E-state index contributed by atoms with van der Waals surface area (Å²) in [6.45, 7) is 3.99. The van der Waals surface area contributed by atoms with E-state index in [-0.39, 0.29) is 12.4 Å². The zero-order valence-electron chi connectivity index (χ0n) is 32.1. The van der Waals surface area contributed by atoms with Gasteiger partial charge in [-0.1, -0.05) is 30.3 Å². The Morgan fingerprint density at radius 3 is 1.76 bits per heavy atom. The Balaban J connectivity index is 0.000000233. The normalized spacial score (nSPS) is 11.4. The SMILES string of the molecule is C#CC#CC#CC#CC#CC#CC#CC#CC#CC#CC#CC#CC#C.COc1cc2c(cc1OCc1ccc(C)cc1F)C1Cc3c([nH]c4ccccc34)CN1CC2. The summed E-state index contributed by atoms with van der Waals surface area (Å²) >= 11 is 0. The number of benzene rings is 3. The van der Waals surface area contributed by atoms with Crippen LogP contribution in [0.25, 0.3) is 10.9 Å². The third-order valence-electron chi connectivity index (χ3n) is 8.60. The summed E-state index contributed by atoms with van der Waals surface area (Å²) in [5, 5.41) is 1.32. The first-order valence-electron chi connectivity index (χ1n) is 17.8. The zero-order valence-corrected chi connectivity index (χ0v) is 32.1. The van der Waals surface area contributed by atoms with Gasteiger partial charge in [0.05, 0.1) is 7.11 Å². The molecule has 0 bridgehead atoms. The molecule has 5 heteroatoms. The van der Waals surface area contributed by atoms with Gasteiger partial charge in [0.1, 0.15) is 12.4 Å². The molecule has 1 unspecified atom stereocenters. The monoisotopic (exact) mass is 756 g/mol. The number of hydrogen-bond donors (Lipinski definition) is 1. The van der Waals surface area contributed by atoms with E-state index in [9.17, 15) is 4.39 Å². The van der Waals surface area contributed by atoms with Crippen LogP contribution in [0, 0.1) is 168 Å². The number of H-pyrrole nitrogens is 1. The fourth-order valence-corrected chi connectivity index (χ4v) is 6.10. The Bertz CT molecular complexity index is 3020. The molecule has 0 saturated carbocycles. The maximum absolute atomic E-state index is 14.3. The van der Waals surface area contributed by atoms with E-state index in [0.29, 0.717) is 23.1 Å². The number of aromatic nitrogens is 1. The summed E-state index contributed by atoms with van der Waals surface area (Å²) in [7, 11) is 1.66. The third-order valence-corrected chi connectivity index (χ3v) is 8.60. The molecule has 2 aliphatic heterocycles. The van der Waals surface area contributed by atoms with Gasteiger partial charge in [-0.2, -0.15) is 0 Å². The van der Waals surface area contributed by atoms with Crippen molar-refractivity contribution >= 4 is 10.9 Å². The minimum absolute atomic E-state index is 0.169. The number of hydrogen-bond acceptors (Lipinski definition) is 3. The van der Waals surface area contributed by atoms with Crippen molar-refractivity contribution in [1.29, 1.82) is 0 Å². The largest absolute Gasteiger partial charge is 0.493 e. The van der Waals surface area contributed by atoms with Crippen molar-refractivity contribution in [1.82, 2.24) is 9.88 Å². The van der Waals surface area contributed by atoms with E-state index in [1.807, 2.05) is 13.0 Å². The number of fused-ring (bicyclic) bond motifs is 6. The van der Waals surface area contributed by atoms with Gasteiger partial charge in [0.25, 0.3) is 0 Å². The first-order chi connectivity index (χ1) is 29.0. The van der Waals surface area contributed by atoms with Gasteiger partial charge in [0, 0.05) is 88.7 Å². The molecule has 0 radical (unpaired) electrons. The number of methoxy groups -OCH3 is 1. The molecule has 0 spiro atoms. The number of aromatic amines is 1. The predicted octanol–water partition coefficient (Wildman–Crippen LogP) is 6.15. The van der Waals surface area contributed by atoms with Crippen molar-refractivity contribution < 1.29 is 13.9 Å². The molecule has 59 heavy (non-hydrogen) atoms. The van der Waals surface area contributed by atoms with Crippen LogP contribution in [0.4, 0.5) is 4.39 Å². The number of halogens is 1. The van der Waals surface area contributed by atoms with Gasteiger partial charge in [-0.25, -0.2) is 4.39 Å². The molecule has 0 saturated heterocycles. The highest BCUT2D eigenvalue weighted by Crippen LogP contribution is 2.44. The van der Waals surface area contributed by atoms with Gasteiger partial charge in [-0.3, -0.25) is 4.90 Å². The summed E-state index contributed by atoms with van der Waals surface area (Å²) in [6.07, 6.45) is 11.8. The molecule has 1 aromatic heterocycles. The van der Waals surface area contributed by atoms with Crippen LogP contribution < -0.4 is 9.47 Å². The van der Waals surface area contributed by atoms with Gasteiger partial charge in [0.15, 0.2) is 11.5 Å². The summed E-state index contributed by atoms with van der Waals surface area (Å²) in [5.74, 6) is 59.3. The van der Waals surface area contributed by atoms with Crippen LogP contribution in [0.5, 0.6) is 11.5 Å². The van der Waals surface area contributed by atoms with Gasteiger partial charge in [-0.05, 0) is 161 Å². The van der Waals surface area contributed by atoms with E-state index in [4.69, 9.17) is 22.3 Å². The second-order valence-electron chi connectivity index (χ2n) is 12.2. The maximum atomic E-state index is 14.3. The molecule has 0 amide bonds. The van der Waals surface area contributed by atoms with Crippen LogP contribution in [0.2, 0.25) is 0 Å². The van der Waals surface area contributed by atoms with Crippen LogP contribution in [0.15, 0.2) is 54.6 Å². The van der Waals surface area contributed by atoms with Crippen LogP contribution in [0.1, 0.15) is 39.6 Å². The lowest BCUT2D eigenvalue weighted by atomic mass is 9.85. The van der Waals surface area contributed by atoms with Crippen molar-refractivity contribution in [3.8, 4) is 166 Å². The van der Waals surface area contributed by atoms with E-state index in [0.717, 1.165) is 31.5 Å². The van der Waals surface area contributed by atoms with E-state index in [1.165, 1.54) is 33.3 Å². The Kier molecular flexibility index (Phi) is 15.6. The fourth-order valence-electron chi connectivity index (χ4n) is 6.10. The summed E-state index contributed by atoms with van der Waals surface area (Å²) < 4.78 is 26.1. The van der Waals surface area contributed by atoms with Crippen molar-refractivity contribution in [2.24, 2.45) is 0 Å². The fraction of sp³-hybridized carbons (Fsp3) is 0.148. The minimum atomic E-state index is -0.239. The predicted molar refractivity (Wildman–Crippen MR) is 231 cm³/mol. The van der Waals surface area contributed by atoms with E-state index < -0.39 is 0 Å². The molecule has 2 aliphatic rings. The number of nitrogens with zero attached hydrogens (tertiary/aromatic N) is 1. The molecule has 0 aliphatic carbocycles. The summed E-state index contributed by atoms with van der Waals surface area (Å²) in [6, 6.07) is 18.3. The summed E-state index contributed by atoms with van der Waals surface area (Å²) in [4.78, 5) is 6.18. The summed E-state index contributed by atoms with van der Waals surface area (Å²) in [5.41, 5.74) is 8.00. The number of nitrogens with one attached hydrogen (secondary N) is 1. The highest BCUT2D eigenvalue weighted by Gasteiger charge is 2.34. The van der Waals surface area contributed by atoms with E-state index in [2.05, 4.69) is 188 Å². The Hall–Kier alpha value is -9.03. The maximum Gasteiger partial charge on any atom is 0.162 e. The van der Waals surface area contributed by atoms with Gasteiger partial charge >= 0.3 is 0 Å². The molecule has 1 N–H and O–H groups in total. The smallest absolute Gasteiger partial charge is 0.162 e. The first kappa shape index (κ1) is 41.1. The number of terminal acetylenes is 2. The molecular weight excluding hydrogens is 728 g/mol. The van der Waals surface area contributed by atoms with Crippen LogP contribution in [0.3, 0.4) is 0 Å². The molecule has 0 fully saturated rings.